The quantitative estimate of drug-likeness (QED) is 0.813. The third kappa shape index (κ3) is 3.62. The van der Waals surface area contributed by atoms with Gasteiger partial charge >= 0.3 is 0 Å². The van der Waals surface area contributed by atoms with Crippen molar-refractivity contribution in [2.75, 3.05) is 18.5 Å². The first-order chi connectivity index (χ1) is 6.72. The normalized spacial score (nSPS) is 9.57. The van der Waals surface area contributed by atoms with Gasteiger partial charge in [-0.3, -0.25) is 0 Å². The van der Waals surface area contributed by atoms with Crippen LogP contribution in [0.4, 0.5) is 5.95 Å². The van der Waals surface area contributed by atoms with Crippen LogP contribution >= 0.6 is 11.6 Å². The summed E-state index contributed by atoms with van der Waals surface area (Å²) < 4.78 is 5.21. The highest BCUT2D eigenvalue weighted by molar-refractivity contribution is 6.29. The molecule has 0 radical (unpaired) electrons. The number of nitrogens with zero attached hydrogens (tertiary/aromatic N) is 2. The second-order valence-electron chi connectivity index (χ2n) is 2.52. The van der Waals surface area contributed by atoms with Crippen LogP contribution in [0.15, 0.2) is 23.9 Å². The standard InChI is InChI=1S/C9H12ClN3O/c1-3-14-8-4-5-11-9(13-8)12-6-7(2)10/h4-5H,2-3,6H2,1H3,(H,11,12,13). The SMILES string of the molecule is C=C(Cl)CNc1nccc(OCC)n1. The van der Waals surface area contributed by atoms with Crippen LogP contribution in [0.1, 0.15) is 6.92 Å². The minimum absolute atomic E-state index is 0.442. The molecule has 0 amide bonds. The number of anilines is 1. The minimum Gasteiger partial charge on any atom is -0.478 e. The number of halogens is 1. The van der Waals surface area contributed by atoms with E-state index in [4.69, 9.17) is 16.3 Å². The Labute approximate surface area is 88.0 Å². The van der Waals surface area contributed by atoms with Crippen molar-refractivity contribution in [2.45, 2.75) is 6.92 Å². The van der Waals surface area contributed by atoms with Gasteiger partial charge in [0.1, 0.15) is 0 Å². The Bertz CT molecular complexity index is 317. The van der Waals surface area contributed by atoms with Gasteiger partial charge in [0.2, 0.25) is 11.8 Å². The topological polar surface area (TPSA) is 47.0 Å². The Hall–Kier alpha value is -1.29. The maximum absolute atomic E-state index is 5.58. The second-order valence-corrected chi connectivity index (χ2v) is 3.06. The van der Waals surface area contributed by atoms with Crippen molar-refractivity contribution < 1.29 is 4.74 Å². The molecule has 14 heavy (non-hydrogen) atoms. The van der Waals surface area contributed by atoms with E-state index in [-0.39, 0.29) is 0 Å². The lowest BCUT2D eigenvalue weighted by Crippen LogP contribution is -2.05. The zero-order chi connectivity index (χ0) is 10.4. The maximum Gasteiger partial charge on any atom is 0.226 e. The fraction of sp³-hybridized carbons (Fsp3) is 0.333. The number of ether oxygens (including phenoxy) is 1. The van der Waals surface area contributed by atoms with E-state index in [0.717, 1.165) is 0 Å². The first kappa shape index (κ1) is 10.8. The van der Waals surface area contributed by atoms with E-state index < -0.39 is 0 Å². The Morgan fingerprint density at radius 1 is 1.71 bits per heavy atom. The fourth-order valence-electron chi connectivity index (χ4n) is 0.831. The van der Waals surface area contributed by atoms with E-state index in [0.29, 0.717) is 30.0 Å². The van der Waals surface area contributed by atoms with Gasteiger partial charge in [0.05, 0.1) is 13.2 Å². The number of rotatable bonds is 5. The van der Waals surface area contributed by atoms with Crippen molar-refractivity contribution in [3.63, 3.8) is 0 Å². The molecule has 0 aliphatic rings. The minimum atomic E-state index is 0.442. The van der Waals surface area contributed by atoms with Gasteiger partial charge in [-0.25, -0.2) is 4.98 Å². The molecule has 1 heterocycles. The molecule has 0 aromatic carbocycles. The molecule has 0 spiro atoms. The summed E-state index contributed by atoms with van der Waals surface area (Å²) in [6.07, 6.45) is 1.62. The molecule has 4 nitrogen and oxygen atoms in total. The van der Waals surface area contributed by atoms with E-state index in [1.54, 1.807) is 12.3 Å². The van der Waals surface area contributed by atoms with Crippen LogP contribution in [-0.2, 0) is 0 Å². The molecule has 0 saturated carbocycles. The summed E-state index contributed by atoms with van der Waals surface area (Å²) in [7, 11) is 0. The lowest BCUT2D eigenvalue weighted by atomic mass is 10.6. The van der Waals surface area contributed by atoms with E-state index in [1.807, 2.05) is 6.92 Å². The predicted molar refractivity (Wildman–Crippen MR) is 56.7 cm³/mol. The van der Waals surface area contributed by atoms with E-state index in [2.05, 4.69) is 21.9 Å². The highest BCUT2D eigenvalue weighted by Gasteiger charge is 1.98. The number of hydrogen-bond acceptors (Lipinski definition) is 4. The molecule has 0 fully saturated rings. The van der Waals surface area contributed by atoms with Gasteiger partial charge in [0.25, 0.3) is 0 Å². The zero-order valence-corrected chi connectivity index (χ0v) is 8.71. The highest BCUT2D eigenvalue weighted by Crippen LogP contribution is 2.08. The van der Waals surface area contributed by atoms with Crippen LogP contribution in [0.5, 0.6) is 5.88 Å². The second kappa shape index (κ2) is 5.44. The van der Waals surface area contributed by atoms with Crippen LogP contribution in [0.25, 0.3) is 0 Å². The van der Waals surface area contributed by atoms with Crippen LogP contribution < -0.4 is 10.1 Å². The number of nitrogens with one attached hydrogen (secondary N) is 1. The molecule has 5 heteroatoms. The van der Waals surface area contributed by atoms with Gasteiger partial charge < -0.3 is 10.1 Å². The molecule has 1 rings (SSSR count). The maximum atomic E-state index is 5.58. The van der Waals surface area contributed by atoms with Crippen molar-refractivity contribution in [3.8, 4) is 5.88 Å². The summed E-state index contributed by atoms with van der Waals surface area (Å²) in [4.78, 5) is 8.08. The summed E-state index contributed by atoms with van der Waals surface area (Å²) >= 11 is 5.58. The van der Waals surface area contributed by atoms with Crippen LogP contribution in [0.2, 0.25) is 0 Å². The van der Waals surface area contributed by atoms with Crippen molar-refractivity contribution in [1.82, 2.24) is 9.97 Å². The van der Waals surface area contributed by atoms with Crippen molar-refractivity contribution >= 4 is 17.5 Å². The Kier molecular flexibility index (Phi) is 4.19. The third-order valence-corrected chi connectivity index (χ3v) is 1.49. The number of hydrogen-bond donors (Lipinski definition) is 1. The monoisotopic (exact) mass is 213 g/mol. The van der Waals surface area contributed by atoms with Crippen LogP contribution in [0.3, 0.4) is 0 Å². The van der Waals surface area contributed by atoms with Crippen molar-refractivity contribution in [1.29, 1.82) is 0 Å². The molecular weight excluding hydrogens is 202 g/mol. The lowest BCUT2D eigenvalue weighted by Gasteiger charge is -2.05. The van der Waals surface area contributed by atoms with Crippen LogP contribution in [-0.4, -0.2) is 23.1 Å². The van der Waals surface area contributed by atoms with Crippen molar-refractivity contribution in [3.05, 3.63) is 23.9 Å². The first-order valence-electron chi connectivity index (χ1n) is 4.25. The lowest BCUT2D eigenvalue weighted by molar-refractivity contribution is 0.326. The summed E-state index contributed by atoms with van der Waals surface area (Å²) in [5.41, 5.74) is 0. The van der Waals surface area contributed by atoms with Gasteiger partial charge in [-0.2, -0.15) is 4.98 Å². The smallest absolute Gasteiger partial charge is 0.226 e. The molecule has 0 bridgehead atoms. The molecule has 0 atom stereocenters. The van der Waals surface area contributed by atoms with E-state index in [1.165, 1.54) is 0 Å². The van der Waals surface area contributed by atoms with E-state index in [9.17, 15) is 0 Å². The molecule has 0 unspecified atom stereocenters. The summed E-state index contributed by atoms with van der Waals surface area (Å²) in [5, 5.41) is 3.42. The Morgan fingerprint density at radius 3 is 3.14 bits per heavy atom. The summed E-state index contributed by atoms with van der Waals surface area (Å²) in [6, 6.07) is 1.70. The summed E-state index contributed by atoms with van der Waals surface area (Å²) in [5.74, 6) is 1.03. The predicted octanol–water partition coefficient (Wildman–Crippen LogP) is 2.04. The molecule has 1 N–H and O–H groups in total. The zero-order valence-electron chi connectivity index (χ0n) is 7.96. The largest absolute Gasteiger partial charge is 0.478 e. The molecule has 1 aromatic rings. The molecule has 76 valence electrons. The molecule has 1 aromatic heterocycles. The van der Waals surface area contributed by atoms with Crippen LogP contribution in [0, 0.1) is 0 Å². The fourth-order valence-corrected chi connectivity index (χ4v) is 0.897. The van der Waals surface area contributed by atoms with Gasteiger partial charge in [0, 0.05) is 17.3 Å². The molecular formula is C9H12ClN3O. The third-order valence-electron chi connectivity index (χ3n) is 1.36. The van der Waals surface area contributed by atoms with Gasteiger partial charge in [-0.05, 0) is 6.92 Å². The molecule has 0 saturated heterocycles. The Balaban J connectivity index is 2.58. The Morgan fingerprint density at radius 2 is 2.50 bits per heavy atom. The first-order valence-corrected chi connectivity index (χ1v) is 4.63. The number of aromatic nitrogens is 2. The molecule has 0 aliphatic carbocycles. The van der Waals surface area contributed by atoms with Gasteiger partial charge in [-0.1, -0.05) is 18.2 Å². The average molecular weight is 214 g/mol. The van der Waals surface area contributed by atoms with Gasteiger partial charge in [0.15, 0.2) is 0 Å². The van der Waals surface area contributed by atoms with Crippen molar-refractivity contribution in [2.24, 2.45) is 0 Å². The average Bonchev–Trinajstić information content (AvgIpc) is 2.16. The molecule has 0 aliphatic heterocycles. The summed E-state index contributed by atoms with van der Waals surface area (Å²) in [6.45, 7) is 6.47. The highest BCUT2D eigenvalue weighted by atomic mass is 35.5. The van der Waals surface area contributed by atoms with Gasteiger partial charge in [-0.15, -0.1) is 0 Å². The van der Waals surface area contributed by atoms with E-state index >= 15 is 0 Å².